The lowest BCUT2D eigenvalue weighted by Gasteiger charge is -2.02. The van der Waals surface area contributed by atoms with Gasteiger partial charge in [0.05, 0.1) is 15.2 Å². The number of aromatic nitrogens is 1. The Morgan fingerprint density at radius 2 is 1.88 bits per heavy atom. The molecule has 0 aliphatic carbocycles. The van der Waals surface area contributed by atoms with Gasteiger partial charge in [-0.25, -0.2) is 4.98 Å². The lowest BCUT2D eigenvalue weighted by molar-refractivity contribution is 1.46. The summed E-state index contributed by atoms with van der Waals surface area (Å²) in [6, 6.07) is 14.1. The highest BCUT2D eigenvalue weighted by Gasteiger charge is 2.12. The summed E-state index contributed by atoms with van der Waals surface area (Å²) in [6.45, 7) is 0. The van der Waals surface area contributed by atoms with Crippen LogP contribution in [0.2, 0.25) is 5.02 Å². The minimum atomic E-state index is 0.760. The second-order valence-electron chi connectivity index (χ2n) is 3.58. The third-order valence-electron chi connectivity index (χ3n) is 2.47. The predicted molar refractivity (Wildman–Crippen MR) is 82.8 cm³/mol. The topological polar surface area (TPSA) is 12.9 Å². The van der Waals surface area contributed by atoms with Crippen molar-refractivity contribution >= 4 is 55.7 Å². The van der Waals surface area contributed by atoms with Crippen molar-refractivity contribution in [3.8, 4) is 10.6 Å². The van der Waals surface area contributed by atoms with E-state index in [1.807, 2.05) is 36.4 Å². The SMILES string of the molecule is Clc1cccc(I)c1-c1nc2ccccc2s1. The molecule has 0 saturated heterocycles. The highest BCUT2D eigenvalue weighted by atomic mass is 127. The molecule has 84 valence electrons. The van der Waals surface area contributed by atoms with Crippen LogP contribution in [-0.2, 0) is 0 Å². The number of rotatable bonds is 1. The molecule has 0 atom stereocenters. The second kappa shape index (κ2) is 4.55. The van der Waals surface area contributed by atoms with Crippen LogP contribution >= 0.6 is 45.5 Å². The standard InChI is InChI=1S/C13H7ClINS/c14-8-4-3-5-9(15)12(8)13-16-10-6-1-2-7-11(10)17-13/h1-7H. The average Bonchev–Trinajstić information content (AvgIpc) is 2.71. The fourth-order valence-electron chi connectivity index (χ4n) is 1.68. The van der Waals surface area contributed by atoms with Gasteiger partial charge in [-0.3, -0.25) is 0 Å². The zero-order valence-electron chi connectivity index (χ0n) is 8.65. The Morgan fingerprint density at radius 1 is 1.06 bits per heavy atom. The molecule has 1 heterocycles. The molecule has 0 spiro atoms. The van der Waals surface area contributed by atoms with Crippen LogP contribution in [-0.4, -0.2) is 4.98 Å². The fraction of sp³-hybridized carbons (Fsp3) is 0. The number of hydrogen-bond acceptors (Lipinski definition) is 2. The van der Waals surface area contributed by atoms with Gasteiger partial charge < -0.3 is 0 Å². The Kier molecular flexibility index (Phi) is 3.06. The van der Waals surface area contributed by atoms with Gasteiger partial charge in [-0.05, 0) is 46.9 Å². The first-order valence-corrected chi connectivity index (χ1v) is 7.33. The first-order valence-electron chi connectivity index (χ1n) is 5.05. The van der Waals surface area contributed by atoms with Gasteiger partial charge in [0.2, 0.25) is 0 Å². The molecule has 1 nitrogen and oxygen atoms in total. The summed E-state index contributed by atoms with van der Waals surface area (Å²) in [5, 5.41) is 1.75. The van der Waals surface area contributed by atoms with Gasteiger partial charge >= 0.3 is 0 Å². The molecule has 0 fully saturated rings. The molecule has 1 aromatic heterocycles. The lowest BCUT2D eigenvalue weighted by atomic mass is 10.2. The van der Waals surface area contributed by atoms with Gasteiger partial charge in [0, 0.05) is 9.13 Å². The summed E-state index contributed by atoms with van der Waals surface area (Å²) < 4.78 is 2.33. The summed E-state index contributed by atoms with van der Waals surface area (Å²) in [4.78, 5) is 4.63. The van der Waals surface area contributed by atoms with Gasteiger partial charge in [-0.2, -0.15) is 0 Å². The van der Waals surface area contributed by atoms with Crippen molar-refractivity contribution in [2.45, 2.75) is 0 Å². The molecule has 4 heteroatoms. The van der Waals surface area contributed by atoms with E-state index in [1.165, 1.54) is 4.70 Å². The van der Waals surface area contributed by atoms with Crippen LogP contribution in [0.1, 0.15) is 0 Å². The Labute approximate surface area is 122 Å². The summed E-state index contributed by atoms with van der Waals surface area (Å²) in [6.07, 6.45) is 0. The molecule has 3 rings (SSSR count). The molecule has 0 unspecified atom stereocenters. The highest BCUT2D eigenvalue weighted by molar-refractivity contribution is 14.1. The van der Waals surface area contributed by atoms with Crippen LogP contribution in [0.15, 0.2) is 42.5 Å². The maximum absolute atomic E-state index is 6.25. The maximum Gasteiger partial charge on any atom is 0.127 e. The van der Waals surface area contributed by atoms with E-state index in [4.69, 9.17) is 11.6 Å². The van der Waals surface area contributed by atoms with Crippen LogP contribution in [0.25, 0.3) is 20.8 Å². The van der Waals surface area contributed by atoms with Gasteiger partial charge in [0.25, 0.3) is 0 Å². The van der Waals surface area contributed by atoms with Crippen molar-refractivity contribution in [2.24, 2.45) is 0 Å². The number of hydrogen-bond donors (Lipinski definition) is 0. The van der Waals surface area contributed by atoms with Gasteiger partial charge in [0.15, 0.2) is 0 Å². The zero-order chi connectivity index (χ0) is 11.8. The van der Waals surface area contributed by atoms with Gasteiger partial charge in [-0.15, -0.1) is 11.3 Å². The molecule has 0 aliphatic heterocycles. The van der Waals surface area contributed by atoms with Crippen molar-refractivity contribution in [1.29, 1.82) is 0 Å². The summed E-state index contributed by atoms with van der Waals surface area (Å²) >= 11 is 10.2. The lowest BCUT2D eigenvalue weighted by Crippen LogP contribution is -1.82. The van der Waals surface area contributed by atoms with E-state index in [0.717, 1.165) is 24.7 Å². The van der Waals surface area contributed by atoms with Crippen LogP contribution in [0.5, 0.6) is 0 Å². The number of benzene rings is 2. The van der Waals surface area contributed by atoms with Crippen molar-refractivity contribution in [3.63, 3.8) is 0 Å². The third kappa shape index (κ3) is 2.07. The van der Waals surface area contributed by atoms with Crippen molar-refractivity contribution in [2.75, 3.05) is 0 Å². The average molecular weight is 372 g/mol. The van der Waals surface area contributed by atoms with Crippen LogP contribution in [0.3, 0.4) is 0 Å². The van der Waals surface area contributed by atoms with Crippen molar-refractivity contribution < 1.29 is 0 Å². The molecular weight excluding hydrogens is 365 g/mol. The van der Waals surface area contributed by atoms with Crippen molar-refractivity contribution in [1.82, 2.24) is 4.98 Å². The van der Waals surface area contributed by atoms with E-state index in [2.05, 4.69) is 33.6 Å². The van der Waals surface area contributed by atoms with Gasteiger partial charge in [-0.1, -0.05) is 29.8 Å². The van der Waals surface area contributed by atoms with E-state index in [-0.39, 0.29) is 0 Å². The molecule has 0 saturated carbocycles. The highest BCUT2D eigenvalue weighted by Crippen LogP contribution is 2.36. The Morgan fingerprint density at radius 3 is 2.65 bits per heavy atom. The van der Waals surface area contributed by atoms with E-state index >= 15 is 0 Å². The van der Waals surface area contributed by atoms with E-state index in [0.29, 0.717) is 0 Å². The summed E-state index contributed by atoms with van der Waals surface area (Å²) in [5.41, 5.74) is 2.07. The Hall–Kier alpha value is -0.650. The maximum atomic E-state index is 6.25. The number of nitrogens with zero attached hydrogens (tertiary/aromatic N) is 1. The predicted octanol–water partition coefficient (Wildman–Crippen LogP) is 5.22. The quantitative estimate of drug-likeness (QED) is 0.534. The zero-order valence-corrected chi connectivity index (χ0v) is 12.4. The third-order valence-corrected chi connectivity index (χ3v) is 4.74. The normalized spacial score (nSPS) is 10.9. The number of thiazole rings is 1. The minimum absolute atomic E-state index is 0.760. The van der Waals surface area contributed by atoms with Crippen molar-refractivity contribution in [3.05, 3.63) is 51.1 Å². The Bertz CT molecular complexity index is 639. The van der Waals surface area contributed by atoms with E-state index in [9.17, 15) is 0 Å². The summed E-state index contributed by atoms with van der Waals surface area (Å²) in [7, 11) is 0. The number of halogens is 2. The molecule has 0 N–H and O–H groups in total. The van der Waals surface area contributed by atoms with Gasteiger partial charge in [0.1, 0.15) is 5.01 Å². The van der Waals surface area contributed by atoms with E-state index in [1.54, 1.807) is 11.3 Å². The molecular formula is C13H7ClINS. The Balaban J connectivity index is 2.27. The van der Waals surface area contributed by atoms with E-state index < -0.39 is 0 Å². The fourth-order valence-corrected chi connectivity index (χ4v) is 4.14. The molecule has 0 radical (unpaired) electrons. The molecule has 2 aromatic carbocycles. The first-order chi connectivity index (χ1) is 8.25. The monoisotopic (exact) mass is 371 g/mol. The smallest absolute Gasteiger partial charge is 0.127 e. The molecule has 3 aromatic rings. The molecule has 17 heavy (non-hydrogen) atoms. The number of para-hydroxylation sites is 1. The molecule has 0 amide bonds. The molecule has 0 bridgehead atoms. The van der Waals surface area contributed by atoms with Crippen LogP contribution in [0, 0.1) is 3.57 Å². The number of fused-ring (bicyclic) bond motifs is 1. The second-order valence-corrected chi connectivity index (χ2v) is 6.18. The molecule has 0 aliphatic rings. The summed E-state index contributed by atoms with van der Waals surface area (Å²) in [5.74, 6) is 0. The van der Waals surface area contributed by atoms with Crippen LogP contribution in [0.4, 0.5) is 0 Å². The minimum Gasteiger partial charge on any atom is -0.236 e. The largest absolute Gasteiger partial charge is 0.236 e. The first kappa shape index (κ1) is 11.4. The van der Waals surface area contributed by atoms with Crippen LogP contribution < -0.4 is 0 Å².